The van der Waals surface area contributed by atoms with Crippen molar-refractivity contribution >= 4 is 5.91 Å². The second kappa shape index (κ2) is 5.83. The highest BCUT2D eigenvalue weighted by Gasteiger charge is 2.31. The lowest BCUT2D eigenvalue weighted by Crippen LogP contribution is -2.46. The Morgan fingerprint density at radius 1 is 1.40 bits per heavy atom. The number of piperidine rings is 1. The molecule has 20 heavy (non-hydrogen) atoms. The maximum absolute atomic E-state index is 12.6. The number of hydrogen-bond donors (Lipinski definition) is 2. The number of hydrogen-bond acceptors (Lipinski definition) is 2. The Morgan fingerprint density at radius 3 is 2.80 bits per heavy atom. The monoisotopic (exact) mass is 286 g/mol. The Hall–Kier alpha value is -1.56. The van der Waals surface area contributed by atoms with Crippen molar-refractivity contribution in [2.75, 3.05) is 6.54 Å². The molecule has 0 aromatic heterocycles. The lowest BCUT2D eigenvalue weighted by Gasteiger charge is -2.28. The fourth-order valence-corrected chi connectivity index (χ4v) is 2.37. The van der Waals surface area contributed by atoms with E-state index >= 15 is 0 Å². The molecule has 1 saturated heterocycles. The number of carbonyl (C=O) groups is 1. The van der Waals surface area contributed by atoms with Crippen LogP contribution in [0.25, 0.3) is 0 Å². The van der Waals surface area contributed by atoms with Crippen LogP contribution in [-0.2, 0) is 6.18 Å². The van der Waals surface area contributed by atoms with Gasteiger partial charge in [-0.3, -0.25) is 4.79 Å². The molecule has 1 aliphatic rings. The predicted octanol–water partition coefficient (Wildman–Crippen LogP) is 2.58. The molecule has 0 spiro atoms. The van der Waals surface area contributed by atoms with Crippen LogP contribution in [0.5, 0.6) is 0 Å². The van der Waals surface area contributed by atoms with Crippen LogP contribution in [0.15, 0.2) is 24.3 Å². The van der Waals surface area contributed by atoms with Gasteiger partial charge in [0.05, 0.1) is 5.56 Å². The molecule has 6 heteroatoms. The average Bonchev–Trinajstić information content (AvgIpc) is 2.38. The Kier molecular flexibility index (Phi) is 4.32. The van der Waals surface area contributed by atoms with Crippen molar-refractivity contribution in [3.8, 4) is 0 Å². The highest BCUT2D eigenvalue weighted by atomic mass is 19.4. The molecule has 2 N–H and O–H groups in total. The number of alkyl halides is 3. The minimum absolute atomic E-state index is 0.00768. The second-order valence-corrected chi connectivity index (χ2v) is 5.13. The smallest absolute Gasteiger partial charge is 0.349 e. The lowest BCUT2D eigenvalue weighted by atomic mass is 10.00. The summed E-state index contributed by atoms with van der Waals surface area (Å²) in [6.07, 6.45) is -2.86. The molecule has 2 rings (SSSR count). The number of nitrogens with one attached hydrogen (secondary N) is 2. The van der Waals surface area contributed by atoms with Gasteiger partial charge in [0.1, 0.15) is 0 Å². The summed E-state index contributed by atoms with van der Waals surface area (Å²) >= 11 is 0. The standard InChI is InChI=1S/C14H17F3N2O/c1-9-7-12(5-6-18-9)19-13(20)10-3-2-4-11(8-10)14(15,16)17/h2-4,8-9,12,18H,5-7H2,1H3,(H,19,20). The number of rotatable bonds is 2. The highest BCUT2D eigenvalue weighted by molar-refractivity contribution is 5.94. The van der Waals surface area contributed by atoms with Gasteiger partial charge in [-0.05, 0) is 44.5 Å². The Morgan fingerprint density at radius 2 is 2.15 bits per heavy atom. The topological polar surface area (TPSA) is 41.1 Å². The molecule has 0 aliphatic carbocycles. The van der Waals surface area contributed by atoms with Crippen LogP contribution in [0, 0.1) is 0 Å². The molecule has 2 unspecified atom stereocenters. The third-order valence-corrected chi connectivity index (χ3v) is 3.41. The molecule has 110 valence electrons. The van der Waals surface area contributed by atoms with Crippen molar-refractivity contribution in [1.82, 2.24) is 10.6 Å². The first-order valence-corrected chi connectivity index (χ1v) is 6.58. The van der Waals surface area contributed by atoms with Gasteiger partial charge in [0.25, 0.3) is 5.91 Å². The molecule has 2 atom stereocenters. The zero-order chi connectivity index (χ0) is 14.8. The van der Waals surface area contributed by atoms with Gasteiger partial charge in [-0.1, -0.05) is 6.07 Å². The summed E-state index contributed by atoms with van der Waals surface area (Å²) < 4.78 is 37.8. The molecule has 0 bridgehead atoms. The predicted molar refractivity (Wildman–Crippen MR) is 69.4 cm³/mol. The number of halogens is 3. The van der Waals surface area contributed by atoms with E-state index in [1.54, 1.807) is 0 Å². The van der Waals surface area contributed by atoms with Gasteiger partial charge in [0.15, 0.2) is 0 Å². The van der Waals surface area contributed by atoms with E-state index in [0.29, 0.717) is 6.04 Å². The second-order valence-electron chi connectivity index (χ2n) is 5.13. The van der Waals surface area contributed by atoms with Gasteiger partial charge >= 0.3 is 6.18 Å². The molecule has 3 nitrogen and oxygen atoms in total. The Labute approximate surface area is 115 Å². The van der Waals surface area contributed by atoms with Gasteiger partial charge in [-0.2, -0.15) is 13.2 Å². The third kappa shape index (κ3) is 3.72. The molecule has 1 heterocycles. The van der Waals surface area contributed by atoms with Crippen LogP contribution in [0.1, 0.15) is 35.7 Å². The fourth-order valence-electron chi connectivity index (χ4n) is 2.37. The van der Waals surface area contributed by atoms with Crippen molar-refractivity contribution in [3.63, 3.8) is 0 Å². The van der Waals surface area contributed by atoms with Gasteiger partial charge in [0, 0.05) is 17.6 Å². The molecule has 1 fully saturated rings. The largest absolute Gasteiger partial charge is 0.416 e. The molecule has 0 radical (unpaired) electrons. The van der Waals surface area contributed by atoms with Crippen LogP contribution in [0.3, 0.4) is 0 Å². The van der Waals surface area contributed by atoms with Crippen LogP contribution < -0.4 is 10.6 Å². The van der Waals surface area contributed by atoms with E-state index in [-0.39, 0.29) is 11.6 Å². The SMILES string of the molecule is CC1CC(NC(=O)c2cccc(C(F)(F)F)c2)CCN1. The maximum atomic E-state index is 12.6. The van der Waals surface area contributed by atoms with E-state index in [1.165, 1.54) is 12.1 Å². The van der Waals surface area contributed by atoms with Crippen molar-refractivity contribution in [2.24, 2.45) is 0 Å². The van der Waals surface area contributed by atoms with Gasteiger partial charge in [-0.15, -0.1) is 0 Å². The number of amides is 1. The quantitative estimate of drug-likeness (QED) is 0.877. The van der Waals surface area contributed by atoms with Gasteiger partial charge < -0.3 is 10.6 Å². The molecule has 0 saturated carbocycles. The number of benzene rings is 1. The summed E-state index contributed by atoms with van der Waals surface area (Å²) in [5, 5.41) is 6.05. The molecular formula is C14H17F3N2O. The first-order valence-electron chi connectivity index (χ1n) is 6.58. The van der Waals surface area contributed by atoms with Crippen LogP contribution >= 0.6 is 0 Å². The Balaban J connectivity index is 2.05. The molecule has 1 aromatic rings. The zero-order valence-corrected chi connectivity index (χ0v) is 11.1. The third-order valence-electron chi connectivity index (χ3n) is 3.41. The van der Waals surface area contributed by atoms with Crippen molar-refractivity contribution in [3.05, 3.63) is 35.4 Å². The molecule has 1 aliphatic heterocycles. The van der Waals surface area contributed by atoms with Gasteiger partial charge in [-0.25, -0.2) is 0 Å². The maximum Gasteiger partial charge on any atom is 0.416 e. The first-order chi connectivity index (χ1) is 9.36. The Bertz CT molecular complexity index is 488. The highest BCUT2D eigenvalue weighted by Crippen LogP contribution is 2.29. The van der Waals surface area contributed by atoms with Crippen molar-refractivity contribution < 1.29 is 18.0 Å². The summed E-state index contributed by atoms with van der Waals surface area (Å²) in [6.45, 7) is 2.82. The minimum atomic E-state index is -4.43. The average molecular weight is 286 g/mol. The van der Waals surface area contributed by atoms with E-state index in [0.717, 1.165) is 31.5 Å². The van der Waals surface area contributed by atoms with E-state index in [2.05, 4.69) is 10.6 Å². The minimum Gasteiger partial charge on any atom is -0.349 e. The van der Waals surface area contributed by atoms with E-state index in [9.17, 15) is 18.0 Å². The molecular weight excluding hydrogens is 269 g/mol. The van der Waals surface area contributed by atoms with Crippen molar-refractivity contribution in [2.45, 2.75) is 38.0 Å². The summed E-state index contributed by atoms with van der Waals surface area (Å²) in [5.74, 6) is -0.449. The van der Waals surface area contributed by atoms with Crippen molar-refractivity contribution in [1.29, 1.82) is 0 Å². The normalized spacial score (nSPS) is 23.4. The van der Waals surface area contributed by atoms with Gasteiger partial charge in [0.2, 0.25) is 0 Å². The van der Waals surface area contributed by atoms with E-state index in [1.807, 2.05) is 6.92 Å². The summed E-state index contributed by atoms with van der Waals surface area (Å²) in [5.41, 5.74) is -0.755. The molecule has 1 amide bonds. The van der Waals surface area contributed by atoms with Crippen LogP contribution in [0.2, 0.25) is 0 Å². The van der Waals surface area contributed by atoms with E-state index in [4.69, 9.17) is 0 Å². The van der Waals surface area contributed by atoms with Crippen LogP contribution in [-0.4, -0.2) is 24.5 Å². The first kappa shape index (κ1) is 14.8. The van der Waals surface area contributed by atoms with Crippen LogP contribution in [0.4, 0.5) is 13.2 Å². The summed E-state index contributed by atoms with van der Waals surface area (Å²) in [6, 6.07) is 4.81. The molecule has 1 aromatic carbocycles. The fraction of sp³-hybridized carbons (Fsp3) is 0.500. The summed E-state index contributed by atoms with van der Waals surface area (Å²) in [4.78, 5) is 12.0. The lowest BCUT2D eigenvalue weighted by molar-refractivity contribution is -0.137. The zero-order valence-electron chi connectivity index (χ0n) is 11.1. The summed E-state index contributed by atoms with van der Waals surface area (Å²) in [7, 11) is 0. The number of carbonyl (C=O) groups excluding carboxylic acids is 1. The van der Waals surface area contributed by atoms with E-state index < -0.39 is 17.6 Å².